The molecule has 3 N–H and O–H groups in total. The van der Waals surface area contributed by atoms with Crippen LogP contribution in [0.2, 0.25) is 0 Å². The number of likely N-dealkylation sites (tertiary alicyclic amines) is 1. The highest BCUT2D eigenvalue weighted by atomic mass is 32.1. The highest BCUT2D eigenvalue weighted by Gasteiger charge is 2.43. The number of nitriles is 1. The van der Waals surface area contributed by atoms with E-state index in [9.17, 15) is 10.4 Å². The first kappa shape index (κ1) is 31.6. The number of thiophene rings is 1. The van der Waals surface area contributed by atoms with Gasteiger partial charge in [-0.05, 0) is 42.5 Å². The molecule has 48 heavy (non-hydrogen) atoms. The third-order valence-corrected chi connectivity index (χ3v) is 11.1. The number of morpholine rings is 1. The summed E-state index contributed by atoms with van der Waals surface area (Å²) in [5.41, 5.74) is 7.62. The quantitative estimate of drug-likeness (QED) is 0.266. The van der Waals surface area contributed by atoms with E-state index >= 15 is 8.78 Å². The van der Waals surface area contributed by atoms with Crippen molar-refractivity contribution in [3.8, 4) is 23.2 Å². The van der Waals surface area contributed by atoms with E-state index in [1.54, 1.807) is 6.07 Å². The number of ether oxygens (including phenoxy) is 3. The maximum Gasteiger partial charge on any atom is 0.319 e. The summed E-state index contributed by atoms with van der Waals surface area (Å²) in [6, 6.07) is 5.31. The van der Waals surface area contributed by atoms with Crippen LogP contribution in [-0.2, 0) is 22.7 Å². The van der Waals surface area contributed by atoms with Crippen molar-refractivity contribution in [3.63, 3.8) is 0 Å². The van der Waals surface area contributed by atoms with Crippen LogP contribution in [0.15, 0.2) is 12.1 Å². The van der Waals surface area contributed by atoms with Crippen LogP contribution in [0.4, 0.5) is 19.6 Å². The van der Waals surface area contributed by atoms with Crippen LogP contribution >= 0.6 is 11.3 Å². The molecule has 252 valence electrons. The molecule has 3 saturated heterocycles. The number of hydrogen-bond donors (Lipinski definition) is 2. The lowest BCUT2D eigenvalue weighted by atomic mass is 9.90. The van der Waals surface area contributed by atoms with E-state index < -0.39 is 11.6 Å². The number of aliphatic hydroxyl groups is 1. The summed E-state index contributed by atoms with van der Waals surface area (Å²) in [7, 11) is 0. The number of nitrogens with zero attached hydrogens (tertiary/aromatic N) is 6. The molecule has 11 nitrogen and oxygen atoms in total. The Morgan fingerprint density at radius 2 is 1.77 bits per heavy atom. The van der Waals surface area contributed by atoms with Gasteiger partial charge in [0.15, 0.2) is 5.82 Å². The fourth-order valence-corrected chi connectivity index (χ4v) is 8.88. The molecule has 0 amide bonds. The van der Waals surface area contributed by atoms with Gasteiger partial charge in [-0.25, -0.2) is 8.78 Å². The minimum atomic E-state index is -0.704. The molecule has 2 atom stereocenters. The molecule has 0 saturated carbocycles. The Morgan fingerprint density at radius 1 is 1.00 bits per heavy atom. The zero-order chi connectivity index (χ0) is 32.9. The Hall–Kier alpha value is -3.71. The Morgan fingerprint density at radius 3 is 2.52 bits per heavy atom. The van der Waals surface area contributed by atoms with Gasteiger partial charge in [-0.2, -0.15) is 15.2 Å². The van der Waals surface area contributed by atoms with E-state index in [-0.39, 0.29) is 65.1 Å². The number of hydrogen-bond acceptors (Lipinski definition) is 12. The fraction of sp³-hybridized carbons (Fsp3) is 0.500. The first-order valence-corrected chi connectivity index (χ1v) is 17.4. The predicted molar refractivity (Wildman–Crippen MR) is 178 cm³/mol. The molecule has 14 heteroatoms. The number of nitrogens with two attached hydrogens (primary N) is 1. The van der Waals surface area contributed by atoms with Crippen molar-refractivity contribution in [3.05, 3.63) is 40.5 Å². The molecule has 2 aromatic heterocycles. The summed E-state index contributed by atoms with van der Waals surface area (Å²) < 4.78 is 51.5. The highest BCUT2D eigenvalue weighted by molar-refractivity contribution is 7.23. The largest absolute Gasteiger partial charge is 0.462 e. The molecule has 4 aliphatic rings. The number of aliphatic hydroxyl groups excluding tert-OH is 1. The fourth-order valence-electron chi connectivity index (χ4n) is 7.95. The molecule has 8 rings (SSSR count). The van der Waals surface area contributed by atoms with Crippen LogP contribution in [-0.4, -0.2) is 103 Å². The third-order valence-electron chi connectivity index (χ3n) is 10.1. The molecule has 6 heterocycles. The Balaban J connectivity index is 1.30. The van der Waals surface area contributed by atoms with E-state index in [1.807, 2.05) is 0 Å². The average molecular weight is 678 g/mol. The van der Waals surface area contributed by atoms with Crippen molar-refractivity contribution in [1.82, 2.24) is 19.8 Å². The van der Waals surface area contributed by atoms with Crippen LogP contribution in [0.5, 0.6) is 6.01 Å². The van der Waals surface area contributed by atoms with Gasteiger partial charge in [0, 0.05) is 79.2 Å². The minimum Gasteiger partial charge on any atom is -0.462 e. The van der Waals surface area contributed by atoms with E-state index in [0.29, 0.717) is 59.6 Å². The number of aromatic nitrogens is 2. The smallest absolute Gasteiger partial charge is 0.319 e. The number of halogens is 2. The highest BCUT2D eigenvalue weighted by Crippen LogP contribution is 2.49. The Labute approximate surface area is 280 Å². The van der Waals surface area contributed by atoms with Crippen molar-refractivity contribution < 1.29 is 28.1 Å². The van der Waals surface area contributed by atoms with Crippen LogP contribution in [0, 0.1) is 23.0 Å². The van der Waals surface area contributed by atoms with Gasteiger partial charge >= 0.3 is 6.01 Å². The second-order valence-corrected chi connectivity index (χ2v) is 14.0. The molecule has 2 aromatic carbocycles. The molecule has 4 aromatic rings. The monoisotopic (exact) mass is 677 g/mol. The number of piperazine rings is 1. The van der Waals surface area contributed by atoms with Crippen molar-refractivity contribution in [2.24, 2.45) is 0 Å². The standard InChI is InChI=1S/C34H37F2N7O4S/c35-24-4-5-25-26(21(14-37)32(38)48-25)29(24)27-22-17-46-18-23(22)28-31(30(27)36)39-34(47-13-9-41-7-11-45-12-8-41)40-33(28)43-19-2-3-20(43)16-42(15-19)6-1-10-44/h4-5,19-20,44H,1-3,6-13,15-18,38H2. The van der Waals surface area contributed by atoms with E-state index in [2.05, 4.69) is 25.8 Å². The van der Waals surface area contributed by atoms with Gasteiger partial charge < -0.3 is 30.0 Å². The number of rotatable bonds is 9. The molecule has 3 fully saturated rings. The summed E-state index contributed by atoms with van der Waals surface area (Å²) in [4.78, 5) is 16.6. The van der Waals surface area contributed by atoms with E-state index in [4.69, 9.17) is 24.9 Å². The van der Waals surface area contributed by atoms with Gasteiger partial charge in [-0.15, -0.1) is 11.3 Å². The van der Waals surface area contributed by atoms with Crippen molar-refractivity contribution >= 4 is 43.1 Å². The summed E-state index contributed by atoms with van der Waals surface area (Å²) in [6.45, 7) is 6.72. The molecule has 2 unspecified atom stereocenters. The molecule has 0 spiro atoms. The third kappa shape index (κ3) is 5.33. The summed E-state index contributed by atoms with van der Waals surface area (Å²) >= 11 is 1.17. The van der Waals surface area contributed by atoms with E-state index in [1.165, 1.54) is 17.4 Å². The first-order chi connectivity index (χ1) is 23.5. The van der Waals surface area contributed by atoms with Crippen LogP contribution in [0.1, 0.15) is 36.0 Å². The lowest BCUT2D eigenvalue weighted by Gasteiger charge is -2.42. The maximum absolute atomic E-state index is 17.4. The maximum atomic E-state index is 17.4. The van der Waals surface area contributed by atoms with Gasteiger partial charge in [-0.3, -0.25) is 9.80 Å². The van der Waals surface area contributed by atoms with Crippen LogP contribution in [0.25, 0.3) is 32.1 Å². The number of nitrogen functional groups attached to an aromatic ring is 1. The van der Waals surface area contributed by atoms with Crippen molar-refractivity contribution in [1.29, 1.82) is 5.26 Å². The average Bonchev–Trinajstić information content (AvgIpc) is 3.78. The molecule has 2 bridgehead atoms. The van der Waals surface area contributed by atoms with Crippen molar-refractivity contribution in [2.45, 2.75) is 44.6 Å². The van der Waals surface area contributed by atoms with E-state index in [0.717, 1.165) is 51.1 Å². The molecular formula is C34H37F2N7O4S. The Kier molecular flexibility index (Phi) is 8.52. The zero-order valence-corrected chi connectivity index (χ0v) is 27.3. The second-order valence-electron chi connectivity index (χ2n) is 12.9. The molecule has 4 aliphatic heterocycles. The Bertz CT molecular complexity index is 1910. The zero-order valence-electron chi connectivity index (χ0n) is 26.5. The number of fused-ring (bicyclic) bond motifs is 6. The van der Waals surface area contributed by atoms with Crippen LogP contribution < -0.4 is 15.4 Å². The molecular weight excluding hydrogens is 640 g/mol. The van der Waals surface area contributed by atoms with Gasteiger partial charge in [0.25, 0.3) is 0 Å². The topological polar surface area (TPSA) is 133 Å². The van der Waals surface area contributed by atoms with Gasteiger partial charge in [0.1, 0.15) is 34.8 Å². The predicted octanol–water partition coefficient (Wildman–Crippen LogP) is 4.02. The number of anilines is 2. The first-order valence-electron chi connectivity index (χ1n) is 16.5. The number of benzene rings is 2. The SMILES string of the molecule is N#Cc1c(N)sc2ccc(F)c(-c3c4c(c5c(N6C7CCC6CN(CCCO)C7)nc(OCCN6CCOCC6)nc5c3F)COC4)c12. The lowest BCUT2D eigenvalue weighted by molar-refractivity contribution is 0.0317. The lowest BCUT2D eigenvalue weighted by Crippen LogP contribution is -2.54. The second kappa shape index (κ2) is 13.0. The van der Waals surface area contributed by atoms with Crippen molar-refractivity contribution in [2.75, 3.05) is 76.3 Å². The molecule has 0 aliphatic carbocycles. The van der Waals surface area contributed by atoms with Gasteiger partial charge in [0.2, 0.25) is 0 Å². The summed E-state index contributed by atoms with van der Waals surface area (Å²) in [6.07, 6.45) is 2.63. The van der Waals surface area contributed by atoms with Crippen LogP contribution in [0.3, 0.4) is 0 Å². The normalized spacial score (nSPS) is 21.3. The summed E-state index contributed by atoms with van der Waals surface area (Å²) in [5, 5.41) is 20.5. The molecule has 0 radical (unpaired) electrons. The van der Waals surface area contributed by atoms with Gasteiger partial charge in [0.05, 0.1) is 37.4 Å². The van der Waals surface area contributed by atoms with Gasteiger partial charge in [-0.1, -0.05) is 0 Å². The summed E-state index contributed by atoms with van der Waals surface area (Å²) in [5.74, 6) is -0.749. The minimum absolute atomic E-state index is 0.00864.